The summed E-state index contributed by atoms with van der Waals surface area (Å²) in [6, 6.07) is 10.1. The van der Waals surface area contributed by atoms with Gasteiger partial charge in [-0.25, -0.2) is 9.97 Å². The van der Waals surface area contributed by atoms with Crippen molar-refractivity contribution in [3.8, 4) is 5.75 Å². The smallest absolute Gasteiger partial charge is 0.225 e. The fraction of sp³-hybridized carbons (Fsp3) is 0.500. The van der Waals surface area contributed by atoms with Gasteiger partial charge in [0.05, 0.1) is 13.7 Å². The summed E-state index contributed by atoms with van der Waals surface area (Å²) in [5.74, 6) is 2.59. The van der Waals surface area contributed by atoms with Gasteiger partial charge in [0, 0.05) is 58.2 Å². The first-order chi connectivity index (χ1) is 14.8. The molecular formula is C22H33N7O. The van der Waals surface area contributed by atoms with Gasteiger partial charge in [0.1, 0.15) is 5.75 Å². The first-order valence-corrected chi connectivity index (χ1v) is 10.7. The number of guanidine groups is 1. The average Bonchev–Trinajstić information content (AvgIpc) is 2.80. The van der Waals surface area contributed by atoms with Gasteiger partial charge in [-0.3, -0.25) is 9.89 Å². The number of aromatic nitrogens is 2. The summed E-state index contributed by atoms with van der Waals surface area (Å²) >= 11 is 0. The van der Waals surface area contributed by atoms with Crippen LogP contribution >= 0.6 is 0 Å². The lowest BCUT2D eigenvalue weighted by Gasteiger charge is -2.34. The maximum atomic E-state index is 5.21. The van der Waals surface area contributed by atoms with Crippen LogP contribution in [0, 0.1) is 0 Å². The molecule has 1 saturated heterocycles. The Morgan fingerprint density at radius 2 is 1.80 bits per heavy atom. The molecule has 0 saturated carbocycles. The Balaban J connectivity index is 1.38. The fourth-order valence-electron chi connectivity index (χ4n) is 3.39. The number of nitrogens with zero attached hydrogens (tertiary/aromatic N) is 5. The maximum absolute atomic E-state index is 5.21. The topological polar surface area (TPSA) is 77.9 Å². The molecule has 0 atom stereocenters. The Morgan fingerprint density at radius 3 is 2.47 bits per heavy atom. The molecule has 8 nitrogen and oxygen atoms in total. The van der Waals surface area contributed by atoms with Crippen LogP contribution in [0.4, 0.5) is 5.95 Å². The lowest BCUT2D eigenvalue weighted by Crippen LogP contribution is -2.47. The van der Waals surface area contributed by atoms with Crippen LogP contribution in [0.15, 0.2) is 47.7 Å². The van der Waals surface area contributed by atoms with E-state index in [0.717, 1.165) is 76.4 Å². The second-order valence-electron chi connectivity index (χ2n) is 7.16. The number of nitrogens with one attached hydrogen (secondary N) is 2. The van der Waals surface area contributed by atoms with Crippen LogP contribution in [-0.2, 0) is 6.42 Å². The molecule has 0 bridgehead atoms. The highest BCUT2D eigenvalue weighted by Gasteiger charge is 2.18. The minimum Gasteiger partial charge on any atom is -0.497 e. The molecule has 8 heteroatoms. The van der Waals surface area contributed by atoms with E-state index in [1.54, 1.807) is 19.5 Å². The van der Waals surface area contributed by atoms with Crippen molar-refractivity contribution in [3.63, 3.8) is 0 Å². The molecule has 2 N–H and O–H groups in total. The second-order valence-corrected chi connectivity index (χ2v) is 7.16. The van der Waals surface area contributed by atoms with E-state index in [0.29, 0.717) is 0 Å². The highest BCUT2D eigenvalue weighted by molar-refractivity contribution is 5.79. The van der Waals surface area contributed by atoms with Crippen molar-refractivity contribution < 1.29 is 4.74 Å². The molecule has 1 fully saturated rings. The third-order valence-electron chi connectivity index (χ3n) is 5.10. The van der Waals surface area contributed by atoms with E-state index in [2.05, 4.69) is 49.5 Å². The Kier molecular flexibility index (Phi) is 8.71. The van der Waals surface area contributed by atoms with Crippen molar-refractivity contribution in [3.05, 3.63) is 48.3 Å². The standard InChI is InChI=1S/C22H33N7O/c1-3-23-21(24-12-9-19-5-7-20(30-2)8-6-19)25-13-14-28-15-17-29(18-16-28)22-26-10-4-11-27-22/h4-8,10-11H,3,9,12-18H2,1-2H3,(H2,23,24,25). The van der Waals surface area contributed by atoms with E-state index in [1.165, 1.54) is 5.56 Å². The van der Waals surface area contributed by atoms with Crippen LogP contribution < -0.4 is 20.3 Å². The van der Waals surface area contributed by atoms with Crippen LogP contribution in [0.25, 0.3) is 0 Å². The van der Waals surface area contributed by atoms with E-state index in [4.69, 9.17) is 9.73 Å². The number of piperazine rings is 1. The molecule has 1 aromatic carbocycles. The lowest BCUT2D eigenvalue weighted by atomic mass is 10.1. The van der Waals surface area contributed by atoms with Crippen molar-refractivity contribution in [2.24, 2.45) is 4.99 Å². The minimum atomic E-state index is 0.777. The molecule has 3 rings (SSSR count). The van der Waals surface area contributed by atoms with Gasteiger partial charge in [-0.1, -0.05) is 12.1 Å². The van der Waals surface area contributed by atoms with Crippen LogP contribution in [0.1, 0.15) is 12.5 Å². The average molecular weight is 412 g/mol. The highest BCUT2D eigenvalue weighted by atomic mass is 16.5. The van der Waals surface area contributed by atoms with Gasteiger partial charge in [0.25, 0.3) is 0 Å². The first-order valence-electron chi connectivity index (χ1n) is 10.7. The molecule has 0 aliphatic carbocycles. The zero-order valence-corrected chi connectivity index (χ0v) is 18.0. The summed E-state index contributed by atoms with van der Waals surface area (Å²) in [6.45, 7) is 9.44. The van der Waals surface area contributed by atoms with E-state index < -0.39 is 0 Å². The number of rotatable bonds is 9. The zero-order chi connectivity index (χ0) is 21.0. The van der Waals surface area contributed by atoms with Crippen LogP contribution in [-0.4, -0.2) is 80.3 Å². The molecule has 0 unspecified atom stereocenters. The number of methoxy groups -OCH3 is 1. The quantitative estimate of drug-likeness (QED) is 0.477. The Morgan fingerprint density at radius 1 is 1.07 bits per heavy atom. The summed E-state index contributed by atoms with van der Waals surface area (Å²) in [6.07, 6.45) is 4.54. The van der Waals surface area contributed by atoms with E-state index in [1.807, 2.05) is 18.2 Å². The van der Waals surface area contributed by atoms with Crippen LogP contribution in [0.3, 0.4) is 0 Å². The molecule has 2 heterocycles. The third-order valence-corrected chi connectivity index (χ3v) is 5.10. The third kappa shape index (κ3) is 6.88. The van der Waals surface area contributed by atoms with Crippen molar-refractivity contribution >= 4 is 11.9 Å². The summed E-state index contributed by atoms with van der Waals surface area (Å²) in [5.41, 5.74) is 1.28. The first kappa shape index (κ1) is 21.8. The van der Waals surface area contributed by atoms with Gasteiger partial charge in [-0.15, -0.1) is 0 Å². The van der Waals surface area contributed by atoms with Gasteiger partial charge < -0.3 is 20.3 Å². The highest BCUT2D eigenvalue weighted by Crippen LogP contribution is 2.11. The van der Waals surface area contributed by atoms with Gasteiger partial charge >= 0.3 is 0 Å². The number of anilines is 1. The Hall–Kier alpha value is -2.87. The minimum absolute atomic E-state index is 0.777. The SMILES string of the molecule is CCNC(=NCCN1CCN(c2ncccn2)CC1)NCCc1ccc(OC)cc1. The fourth-order valence-corrected chi connectivity index (χ4v) is 3.39. The predicted octanol–water partition coefficient (Wildman–Crippen LogP) is 1.41. The van der Waals surface area contributed by atoms with Gasteiger partial charge in [-0.2, -0.15) is 0 Å². The number of hydrogen-bond acceptors (Lipinski definition) is 6. The molecule has 0 amide bonds. The van der Waals surface area contributed by atoms with E-state index >= 15 is 0 Å². The molecule has 30 heavy (non-hydrogen) atoms. The summed E-state index contributed by atoms with van der Waals surface area (Å²) in [4.78, 5) is 18.1. The molecule has 0 spiro atoms. The molecular weight excluding hydrogens is 378 g/mol. The van der Waals surface area contributed by atoms with Gasteiger partial charge in [0.15, 0.2) is 5.96 Å². The van der Waals surface area contributed by atoms with Gasteiger partial charge in [-0.05, 0) is 37.1 Å². The van der Waals surface area contributed by atoms with E-state index in [-0.39, 0.29) is 0 Å². The normalized spacial score (nSPS) is 15.1. The van der Waals surface area contributed by atoms with Crippen LogP contribution in [0.2, 0.25) is 0 Å². The monoisotopic (exact) mass is 411 g/mol. The zero-order valence-electron chi connectivity index (χ0n) is 18.0. The molecule has 0 radical (unpaired) electrons. The summed E-state index contributed by atoms with van der Waals surface area (Å²) < 4.78 is 5.21. The molecule has 1 aliphatic rings. The second kappa shape index (κ2) is 12.0. The summed E-state index contributed by atoms with van der Waals surface area (Å²) in [5, 5.41) is 6.76. The van der Waals surface area contributed by atoms with Crippen LogP contribution in [0.5, 0.6) is 5.75 Å². The summed E-state index contributed by atoms with van der Waals surface area (Å²) in [7, 11) is 1.69. The predicted molar refractivity (Wildman–Crippen MR) is 121 cm³/mol. The molecule has 1 aliphatic heterocycles. The molecule has 1 aromatic heterocycles. The van der Waals surface area contributed by atoms with Crippen molar-refractivity contribution in [2.75, 3.05) is 64.4 Å². The van der Waals surface area contributed by atoms with Crippen molar-refractivity contribution in [2.45, 2.75) is 13.3 Å². The maximum Gasteiger partial charge on any atom is 0.225 e. The number of benzene rings is 1. The van der Waals surface area contributed by atoms with Gasteiger partial charge in [0.2, 0.25) is 5.95 Å². The largest absolute Gasteiger partial charge is 0.497 e. The number of hydrogen-bond donors (Lipinski definition) is 2. The lowest BCUT2D eigenvalue weighted by molar-refractivity contribution is 0.263. The van der Waals surface area contributed by atoms with Crippen molar-refractivity contribution in [1.29, 1.82) is 0 Å². The van der Waals surface area contributed by atoms with Crippen molar-refractivity contribution in [1.82, 2.24) is 25.5 Å². The Bertz CT molecular complexity index is 759. The molecule has 162 valence electrons. The number of aliphatic imine (C=N–C) groups is 1. The molecule has 2 aromatic rings. The van der Waals surface area contributed by atoms with E-state index in [9.17, 15) is 0 Å². The number of ether oxygens (including phenoxy) is 1. The Labute approximate surface area is 179 Å².